The Hall–Kier alpha value is -2.44. The molecule has 0 saturated carbocycles. The molecule has 0 radical (unpaired) electrons. The third kappa shape index (κ3) is 9.17. The lowest BCUT2D eigenvalue weighted by atomic mass is 10.0. The monoisotopic (exact) mass is 380 g/mol. The number of carbonyl (C=O) groups is 2. The highest BCUT2D eigenvalue weighted by Crippen LogP contribution is 2.24. The van der Waals surface area contributed by atoms with Crippen molar-refractivity contribution in [3.8, 4) is 5.75 Å². The molecule has 1 aromatic rings. The number of hydrogen-bond donors (Lipinski definition) is 2. The van der Waals surface area contributed by atoms with Crippen LogP contribution < -0.4 is 15.8 Å². The molecule has 0 aliphatic rings. The minimum atomic E-state index is -0.643. The summed E-state index contributed by atoms with van der Waals surface area (Å²) < 4.78 is 16.0. The van der Waals surface area contributed by atoms with Crippen LogP contribution in [0, 0.1) is 0 Å². The summed E-state index contributed by atoms with van der Waals surface area (Å²) in [6.45, 7) is 10.7. The maximum atomic E-state index is 12.3. The number of benzene rings is 1. The molecule has 0 aromatic heterocycles. The first-order valence-corrected chi connectivity index (χ1v) is 8.93. The first-order chi connectivity index (χ1) is 12.3. The topological polar surface area (TPSA) is 99.9 Å². The lowest BCUT2D eigenvalue weighted by Gasteiger charge is -2.25. The molecule has 0 fully saturated rings. The van der Waals surface area contributed by atoms with E-state index in [4.69, 9.17) is 19.9 Å². The Balaban J connectivity index is 2.98. The summed E-state index contributed by atoms with van der Waals surface area (Å²) in [6, 6.07) is 4.71. The van der Waals surface area contributed by atoms with E-state index >= 15 is 0 Å². The zero-order valence-electron chi connectivity index (χ0n) is 17.3. The van der Waals surface area contributed by atoms with E-state index in [0.29, 0.717) is 17.9 Å². The molecule has 7 nitrogen and oxygen atoms in total. The second-order valence-corrected chi connectivity index (χ2v) is 8.41. The molecular formula is C20H32N2O5. The van der Waals surface area contributed by atoms with Gasteiger partial charge in [-0.15, -0.1) is 0 Å². The number of amides is 1. The van der Waals surface area contributed by atoms with Gasteiger partial charge < -0.3 is 25.3 Å². The number of nitrogen functional groups attached to an aromatic ring is 1. The fourth-order valence-corrected chi connectivity index (χ4v) is 2.46. The molecule has 0 heterocycles. The Kier molecular flexibility index (Phi) is 7.51. The summed E-state index contributed by atoms with van der Waals surface area (Å²) in [6.07, 6.45) is -0.264. The molecule has 1 amide bonds. The SMILES string of the molecule is COc1ccc(N)cc1C[C@H](CC(=O)OC(C)(C)C)NC(=O)OC(C)(C)C. The number of alkyl carbamates (subject to hydrolysis) is 1. The predicted octanol–water partition coefficient (Wildman–Crippen LogP) is 3.45. The van der Waals surface area contributed by atoms with Gasteiger partial charge in [0.15, 0.2) is 0 Å². The fourth-order valence-electron chi connectivity index (χ4n) is 2.46. The molecule has 0 aliphatic heterocycles. The number of nitrogens with one attached hydrogen (secondary N) is 1. The van der Waals surface area contributed by atoms with Crippen molar-refractivity contribution < 1.29 is 23.8 Å². The van der Waals surface area contributed by atoms with Crippen LogP contribution >= 0.6 is 0 Å². The second-order valence-electron chi connectivity index (χ2n) is 8.41. The maximum absolute atomic E-state index is 12.3. The molecule has 1 rings (SSSR count). The van der Waals surface area contributed by atoms with Crippen molar-refractivity contribution in [2.75, 3.05) is 12.8 Å². The number of methoxy groups -OCH3 is 1. The first kappa shape index (κ1) is 22.6. The molecule has 0 spiro atoms. The number of carbonyl (C=O) groups excluding carboxylic acids is 2. The molecule has 1 atom stereocenters. The summed E-state index contributed by atoms with van der Waals surface area (Å²) >= 11 is 0. The van der Waals surface area contributed by atoms with Crippen molar-refractivity contribution in [2.24, 2.45) is 0 Å². The van der Waals surface area contributed by atoms with E-state index in [1.807, 2.05) is 0 Å². The highest BCUT2D eigenvalue weighted by molar-refractivity contribution is 5.73. The van der Waals surface area contributed by atoms with E-state index in [1.54, 1.807) is 66.9 Å². The average molecular weight is 380 g/mol. The van der Waals surface area contributed by atoms with Crippen LogP contribution in [-0.2, 0) is 20.7 Å². The van der Waals surface area contributed by atoms with Gasteiger partial charge in [-0.1, -0.05) is 0 Å². The summed E-state index contributed by atoms with van der Waals surface area (Å²) in [5, 5.41) is 2.75. The van der Waals surface area contributed by atoms with Crippen LogP contribution in [0.2, 0.25) is 0 Å². The second kappa shape index (κ2) is 8.97. The molecule has 0 saturated heterocycles. The van der Waals surface area contributed by atoms with Gasteiger partial charge >= 0.3 is 12.1 Å². The summed E-state index contributed by atoms with van der Waals surface area (Å²) in [5.41, 5.74) is 5.96. The largest absolute Gasteiger partial charge is 0.496 e. The Bertz CT molecular complexity index is 629. The standard InChI is InChI=1S/C20H32N2O5/c1-19(2,3)26-17(23)12-15(22-18(24)27-20(4,5)6)11-13-10-14(21)8-9-16(13)25-7/h8-10,15H,11-12,21H2,1-7H3,(H,22,24)/t15-/m1/s1. The van der Waals surface area contributed by atoms with Gasteiger partial charge in [0.05, 0.1) is 13.5 Å². The molecule has 0 aliphatic carbocycles. The average Bonchev–Trinajstić information content (AvgIpc) is 2.42. The zero-order chi connectivity index (χ0) is 20.8. The van der Waals surface area contributed by atoms with Gasteiger partial charge in [0.1, 0.15) is 17.0 Å². The molecule has 3 N–H and O–H groups in total. The van der Waals surface area contributed by atoms with Crippen molar-refractivity contribution in [1.82, 2.24) is 5.32 Å². The Labute approximate surface area is 161 Å². The molecule has 0 bridgehead atoms. The lowest BCUT2D eigenvalue weighted by molar-refractivity contribution is -0.155. The minimum absolute atomic E-state index is 0.00549. The Morgan fingerprint density at radius 3 is 2.19 bits per heavy atom. The molecule has 27 heavy (non-hydrogen) atoms. The van der Waals surface area contributed by atoms with Crippen LogP contribution in [0.5, 0.6) is 5.75 Å². The van der Waals surface area contributed by atoms with Gasteiger partial charge in [0.25, 0.3) is 0 Å². The number of esters is 1. The lowest BCUT2D eigenvalue weighted by Crippen LogP contribution is -2.42. The van der Waals surface area contributed by atoms with Crippen molar-refractivity contribution >= 4 is 17.7 Å². The van der Waals surface area contributed by atoms with Gasteiger partial charge in [-0.25, -0.2) is 4.79 Å². The van der Waals surface area contributed by atoms with E-state index in [0.717, 1.165) is 5.56 Å². The Morgan fingerprint density at radius 2 is 1.67 bits per heavy atom. The van der Waals surface area contributed by atoms with Gasteiger partial charge in [0, 0.05) is 11.7 Å². The minimum Gasteiger partial charge on any atom is -0.496 e. The van der Waals surface area contributed by atoms with Crippen LogP contribution in [0.4, 0.5) is 10.5 Å². The van der Waals surface area contributed by atoms with Crippen molar-refractivity contribution in [3.63, 3.8) is 0 Å². The van der Waals surface area contributed by atoms with Gasteiger partial charge in [-0.3, -0.25) is 4.79 Å². The fraction of sp³-hybridized carbons (Fsp3) is 0.600. The normalized spacial score (nSPS) is 12.9. The van der Waals surface area contributed by atoms with Crippen LogP contribution in [0.15, 0.2) is 18.2 Å². The van der Waals surface area contributed by atoms with Crippen molar-refractivity contribution in [3.05, 3.63) is 23.8 Å². The van der Waals surface area contributed by atoms with Crippen LogP contribution in [0.3, 0.4) is 0 Å². The van der Waals surface area contributed by atoms with Gasteiger partial charge in [-0.2, -0.15) is 0 Å². The number of nitrogens with two attached hydrogens (primary N) is 1. The van der Waals surface area contributed by atoms with Crippen molar-refractivity contribution in [2.45, 2.75) is 71.6 Å². The van der Waals surface area contributed by atoms with E-state index < -0.39 is 29.3 Å². The van der Waals surface area contributed by atoms with E-state index in [-0.39, 0.29) is 6.42 Å². The smallest absolute Gasteiger partial charge is 0.407 e. The number of rotatable bonds is 6. The quantitative estimate of drug-likeness (QED) is 0.579. The van der Waals surface area contributed by atoms with Crippen molar-refractivity contribution in [1.29, 1.82) is 0 Å². The predicted molar refractivity (Wildman–Crippen MR) is 105 cm³/mol. The number of hydrogen-bond acceptors (Lipinski definition) is 6. The summed E-state index contributed by atoms with van der Waals surface area (Å²) in [7, 11) is 1.55. The van der Waals surface area contributed by atoms with Gasteiger partial charge in [0.2, 0.25) is 0 Å². The first-order valence-electron chi connectivity index (χ1n) is 8.93. The Morgan fingerprint density at radius 1 is 1.07 bits per heavy atom. The third-order valence-electron chi connectivity index (χ3n) is 3.32. The summed E-state index contributed by atoms with van der Waals surface area (Å²) in [5.74, 6) is 0.218. The molecule has 152 valence electrons. The molecular weight excluding hydrogens is 348 g/mol. The zero-order valence-corrected chi connectivity index (χ0v) is 17.3. The maximum Gasteiger partial charge on any atom is 0.407 e. The highest BCUT2D eigenvalue weighted by atomic mass is 16.6. The van der Waals surface area contributed by atoms with Crippen LogP contribution in [0.25, 0.3) is 0 Å². The molecule has 0 unspecified atom stereocenters. The van der Waals surface area contributed by atoms with E-state index in [9.17, 15) is 9.59 Å². The number of anilines is 1. The van der Waals surface area contributed by atoms with Crippen LogP contribution in [0.1, 0.15) is 53.5 Å². The summed E-state index contributed by atoms with van der Waals surface area (Å²) in [4.78, 5) is 24.5. The number of ether oxygens (including phenoxy) is 3. The third-order valence-corrected chi connectivity index (χ3v) is 3.32. The van der Waals surface area contributed by atoms with E-state index in [2.05, 4.69) is 5.32 Å². The highest BCUT2D eigenvalue weighted by Gasteiger charge is 2.25. The van der Waals surface area contributed by atoms with E-state index in [1.165, 1.54) is 0 Å². The molecule has 7 heteroatoms. The molecule has 1 aromatic carbocycles. The van der Waals surface area contributed by atoms with Crippen LogP contribution in [-0.4, -0.2) is 36.4 Å². The van der Waals surface area contributed by atoms with Gasteiger partial charge in [-0.05, 0) is 71.7 Å².